The van der Waals surface area contributed by atoms with Gasteiger partial charge in [0.2, 0.25) is 0 Å². The summed E-state index contributed by atoms with van der Waals surface area (Å²) in [4.78, 5) is 18.2. The zero-order valence-electron chi connectivity index (χ0n) is 4.21. The summed E-state index contributed by atoms with van der Waals surface area (Å²) >= 11 is 0. The van der Waals surface area contributed by atoms with Gasteiger partial charge in [0.15, 0.2) is 0 Å². The summed E-state index contributed by atoms with van der Waals surface area (Å²) in [5, 5.41) is 14.8. The molecule has 0 rings (SSSR count). The van der Waals surface area contributed by atoms with E-state index >= 15 is 0 Å². The number of carbonyl (C=O) groups is 2. The molecule has 0 aliphatic heterocycles. The maximum absolute atomic E-state index is 9.10. The van der Waals surface area contributed by atoms with E-state index in [1.807, 2.05) is 0 Å². The van der Waals surface area contributed by atoms with E-state index in [0.717, 1.165) is 0 Å². The average Bonchev–Trinajstić information content (AvgIpc) is 1.36. The van der Waals surface area contributed by atoms with Crippen LogP contribution in [0.25, 0.3) is 0 Å². The first-order chi connectivity index (χ1) is 2.64. The number of carboxylic acids is 2. The quantitative estimate of drug-likeness (QED) is 0.304. The molecule has 0 aliphatic rings. The molecule has 0 heterocycles. The smallest absolute Gasteiger partial charge is 0.414 e. The normalized spacial score (nSPS) is 5.50. The standard InChI is InChI=1S/C2H2O4.C.Li/c3-1(4)2(5)6;;/h(H,3,4)(H,5,6);;. The number of hydrogen-bond donors (Lipinski definition) is 2. The molecule has 0 spiro atoms. The van der Waals surface area contributed by atoms with Gasteiger partial charge in [0.25, 0.3) is 0 Å². The predicted molar refractivity (Wildman–Crippen MR) is 24.3 cm³/mol. The van der Waals surface area contributed by atoms with E-state index in [9.17, 15) is 0 Å². The van der Waals surface area contributed by atoms with Crippen LogP contribution in [-0.2, 0) is 9.59 Å². The van der Waals surface area contributed by atoms with E-state index in [2.05, 4.69) is 0 Å². The summed E-state index contributed by atoms with van der Waals surface area (Å²) in [5.41, 5.74) is 0. The summed E-state index contributed by atoms with van der Waals surface area (Å²) in [7, 11) is 0. The Bertz CT molecular complexity index is 77.3. The first-order valence-corrected chi connectivity index (χ1v) is 1.11. The Kier molecular flexibility index (Phi) is 12.8. The topological polar surface area (TPSA) is 74.6 Å². The molecular formula is C3H2LiO4. The van der Waals surface area contributed by atoms with Crippen molar-refractivity contribution in [3.8, 4) is 0 Å². The summed E-state index contributed by atoms with van der Waals surface area (Å²) in [6, 6.07) is 0. The van der Waals surface area contributed by atoms with Crippen LogP contribution in [0, 0.1) is 7.43 Å². The molecule has 0 fully saturated rings. The number of aliphatic carboxylic acids is 2. The van der Waals surface area contributed by atoms with Crippen molar-refractivity contribution in [2.45, 2.75) is 0 Å². The molecule has 0 saturated heterocycles. The monoisotopic (exact) mass is 109 g/mol. The second-order valence-electron chi connectivity index (χ2n) is 0.610. The van der Waals surface area contributed by atoms with Crippen molar-refractivity contribution in [1.82, 2.24) is 0 Å². The second kappa shape index (κ2) is 6.54. The van der Waals surface area contributed by atoms with Crippen molar-refractivity contribution >= 4 is 30.8 Å². The molecule has 0 saturated carbocycles. The molecule has 0 atom stereocenters. The van der Waals surface area contributed by atoms with Crippen LogP contribution in [0.15, 0.2) is 0 Å². The molecule has 0 aromatic rings. The zero-order valence-corrected chi connectivity index (χ0v) is 4.21. The van der Waals surface area contributed by atoms with E-state index in [1.54, 1.807) is 0 Å². The van der Waals surface area contributed by atoms with Crippen molar-refractivity contribution < 1.29 is 19.8 Å². The number of hydrogen-bond acceptors (Lipinski definition) is 2. The van der Waals surface area contributed by atoms with Crippen molar-refractivity contribution in [3.63, 3.8) is 0 Å². The van der Waals surface area contributed by atoms with Gasteiger partial charge in [-0.3, -0.25) is 0 Å². The fraction of sp³-hybridized carbons (Fsp3) is 0. The van der Waals surface area contributed by atoms with Gasteiger partial charge in [-0.25, -0.2) is 9.59 Å². The second-order valence-corrected chi connectivity index (χ2v) is 0.610. The maximum atomic E-state index is 9.10. The molecule has 0 aromatic carbocycles. The molecule has 0 aliphatic carbocycles. The van der Waals surface area contributed by atoms with E-state index in [-0.39, 0.29) is 26.3 Å². The van der Waals surface area contributed by atoms with Crippen LogP contribution in [-0.4, -0.2) is 41.0 Å². The Hall–Kier alpha value is -0.463. The third-order valence-corrected chi connectivity index (χ3v) is 0.183. The van der Waals surface area contributed by atoms with Gasteiger partial charge < -0.3 is 10.2 Å². The number of rotatable bonds is 0. The van der Waals surface area contributed by atoms with Crippen molar-refractivity contribution in [1.29, 1.82) is 0 Å². The van der Waals surface area contributed by atoms with Crippen LogP contribution < -0.4 is 0 Å². The molecule has 5 heteroatoms. The van der Waals surface area contributed by atoms with Gasteiger partial charge in [0, 0.05) is 26.3 Å². The van der Waals surface area contributed by atoms with Gasteiger partial charge in [-0.05, 0) is 0 Å². The van der Waals surface area contributed by atoms with Gasteiger partial charge >= 0.3 is 11.9 Å². The molecule has 2 N–H and O–H groups in total. The van der Waals surface area contributed by atoms with E-state index in [4.69, 9.17) is 19.8 Å². The summed E-state index contributed by atoms with van der Waals surface area (Å²) in [5.74, 6) is -3.65. The van der Waals surface area contributed by atoms with Crippen molar-refractivity contribution in [3.05, 3.63) is 7.43 Å². The minimum absolute atomic E-state index is 0. The third-order valence-electron chi connectivity index (χ3n) is 0.183. The minimum Gasteiger partial charge on any atom is -0.473 e. The first kappa shape index (κ1) is 15.6. The zero-order chi connectivity index (χ0) is 5.15. The van der Waals surface area contributed by atoms with Crippen LogP contribution >= 0.6 is 0 Å². The fourth-order valence-corrected chi connectivity index (χ4v) is 0. The van der Waals surface area contributed by atoms with Crippen molar-refractivity contribution in [2.24, 2.45) is 0 Å². The van der Waals surface area contributed by atoms with Crippen LogP contribution in [0.1, 0.15) is 0 Å². The molecular weight excluding hydrogens is 107 g/mol. The van der Waals surface area contributed by atoms with Gasteiger partial charge in [-0.1, -0.05) is 0 Å². The molecule has 0 unspecified atom stereocenters. The number of carboxylic acid groups (broad SMARTS) is 2. The van der Waals surface area contributed by atoms with E-state index < -0.39 is 11.9 Å². The third kappa shape index (κ3) is 9.11. The Morgan fingerprint density at radius 2 is 1.12 bits per heavy atom. The Morgan fingerprint density at radius 1 is 1.00 bits per heavy atom. The summed E-state index contributed by atoms with van der Waals surface area (Å²) < 4.78 is 0. The Labute approximate surface area is 58.7 Å². The summed E-state index contributed by atoms with van der Waals surface area (Å²) in [6.07, 6.45) is 0. The van der Waals surface area contributed by atoms with Crippen LogP contribution in [0.4, 0.5) is 0 Å². The molecule has 0 aromatic heterocycles. The SMILES string of the molecule is O=C(O)C(=O)O.[C].[Li]. The van der Waals surface area contributed by atoms with Crippen LogP contribution in [0.2, 0.25) is 0 Å². The van der Waals surface area contributed by atoms with Gasteiger partial charge in [-0.15, -0.1) is 0 Å². The van der Waals surface area contributed by atoms with E-state index in [0.29, 0.717) is 0 Å². The predicted octanol–water partition coefficient (Wildman–Crippen LogP) is -1.14. The van der Waals surface area contributed by atoms with E-state index in [1.165, 1.54) is 0 Å². The van der Waals surface area contributed by atoms with Crippen molar-refractivity contribution in [2.75, 3.05) is 0 Å². The van der Waals surface area contributed by atoms with Gasteiger partial charge in [-0.2, -0.15) is 0 Å². The molecule has 0 amide bonds. The van der Waals surface area contributed by atoms with Gasteiger partial charge in [0.05, 0.1) is 0 Å². The molecule has 4 nitrogen and oxygen atoms in total. The van der Waals surface area contributed by atoms with Gasteiger partial charge in [0.1, 0.15) is 0 Å². The fourth-order valence-electron chi connectivity index (χ4n) is 0. The largest absolute Gasteiger partial charge is 0.473 e. The molecule has 5 radical (unpaired) electrons. The van der Waals surface area contributed by atoms with Crippen LogP contribution in [0.5, 0.6) is 0 Å². The Morgan fingerprint density at radius 3 is 1.12 bits per heavy atom. The molecule has 0 bridgehead atoms. The Balaban J connectivity index is -0.000000125. The minimum atomic E-state index is -1.82. The molecule has 8 heavy (non-hydrogen) atoms. The summed E-state index contributed by atoms with van der Waals surface area (Å²) in [6.45, 7) is 0. The molecule has 39 valence electrons. The maximum Gasteiger partial charge on any atom is 0.414 e. The average molecular weight is 109 g/mol. The first-order valence-electron chi connectivity index (χ1n) is 1.11. The van der Waals surface area contributed by atoms with Crippen LogP contribution in [0.3, 0.4) is 0 Å².